The fourth-order valence-corrected chi connectivity index (χ4v) is 8.36. The molecule has 9 aromatic carbocycles. The Labute approximate surface area is 262 Å². The summed E-state index contributed by atoms with van der Waals surface area (Å²) in [5, 5.41) is 10.5. The molecular formula is C45H28. The van der Waals surface area contributed by atoms with Gasteiger partial charge in [0.1, 0.15) is 0 Å². The molecule has 0 atom stereocenters. The second-order valence-electron chi connectivity index (χ2n) is 12.5. The molecule has 45 heavy (non-hydrogen) atoms. The van der Waals surface area contributed by atoms with Crippen LogP contribution in [0.2, 0.25) is 0 Å². The standard InChI is InChI=1S/C45H28/c1-3-13-36(14-4-1)45(37-15-5-2-6-16-37)40-25-23-29-10-7-8-17-38(29)44(40)39-24-22-32(28-41(39)45)35-26-33-20-18-30-11-9-12-31-19-21-34(27-35)43(33)42(30)31/h1-28H. The molecule has 1 aliphatic rings. The van der Waals surface area contributed by atoms with Crippen LogP contribution in [-0.2, 0) is 5.41 Å². The van der Waals surface area contributed by atoms with Gasteiger partial charge >= 0.3 is 0 Å². The summed E-state index contributed by atoms with van der Waals surface area (Å²) < 4.78 is 0. The maximum Gasteiger partial charge on any atom is 0.0714 e. The quantitative estimate of drug-likeness (QED) is 0.186. The summed E-state index contributed by atoms with van der Waals surface area (Å²) in [7, 11) is 0. The van der Waals surface area contributed by atoms with Crippen LogP contribution in [0, 0.1) is 0 Å². The molecule has 10 rings (SSSR count). The molecule has 0 amide bonds. The van der Waals surface area contributed by atoms with E-state index >= 15 is 0 Å². The maximum atomic E-state index is 2.48. The predicted molar refractivity (Wildman–Crippen MR) is 190 cm³/mol. The van der Waals surface area contributed by atoms with Crippen LogP contribution in [0.25, 0.3) is 65.3 Å². The first-order chi connectivity index (χ1) is 22.3. The van der Waals surface area contributed by atoms with Crippen molar-refractivity contribution in [3.63, 3.8) is 0 Å². The summed E-state index contributed by atoms with van der Waals surface area (Å²) in [4.78, 5) is 0. The summed E-state index contributed by atoms with van der Waals surface area (Å²) in [5.41, 5.74) is 9.98. The van der Waals surface area contributed by atoms with Crippen molar-refractivity contribution in [1.29, 1.82) is 0 Å². The Morgan fingerprint density at radius 3 is 1.58 bits per heavy atom. The average molecular weight is 569 g/mol. The van der Waals surface area contributed by atoms with Crippen molar-refractivity contribution in [3.05, 3.63) is 192 Å². The van der Waals surface area contributed by atoms with Crippen LogP contribution in [0.3, 0.4) is 0 Å². The van der Waals surface area contributed by atoms with Gasteiger partial charge in [0.25, 0.3) is 0 Å². The summed E-state index contributed by atoms with van der Waals surface area (Å²) in [6, 6.07) is 63.4. The number of benzene rings is 9. The molecule has 0 saturated carbocycles. The fraction of sp³-hybridized carbons (Fsp3) is 0.0222. The molecular weight excluding hydrogens is 540 g/mol. The van der Waals surface area contributed by atoms with Crippen LogP contribution >= 0.6 is 0 Å². The summed E-state index contributed by atoms with van der Waals surface area (Å²) in [6.45, 7) is 0. The SMILES string of the molecule is c1ccc(C2(c3ccccc3)c3cc(-c4cc5ccc6cccc7ccc(c4)c5c67)ccc3-c3c2ccc2ccccc32)cc1. The molecule has 9 aromatic rings. The van der Waals surface area contributed by atoms with Crippen molar-refractivity contribution in [2.24, 2.45) is 0 Å². The normalized spacial score (nSPS) is 13.5. The van der Waals surface area contributed by atoms with Gasteiger partial charge in [-0.1, -0.05) is 152 Å². The third-order valence-electron chi connectivity index (χ3n) is 10.2. The van der Waals surface area contributed by atoms with Crippen molar-refractivity contribution >= 4 is 43.1 Å². The van der Waals surface area contributed by atoms with Gasteiger partial charge in [0.15, 0.2) is 0 Å². The van der Waals surface area contributed by atoms with Crippen molar-refractivity contribution in [3.8, 4) is 22.3 Å². The lowest BCUT2D eigenvalue weighted by atomic mass is 9.67. The molecule has 1 aliphatic carbocycles. The van der Waals surface area contributed by atoms with E-state index in [1.807, 2.05) is 0 Å². The van der Waals surface area contributed by atoms with Crippen LogP contribution in [-0.4, -0.2) is 0 Å². The van der Waals surface area contributed by atoms with Crippen LogP contribution in [0.15, 0.2) is 170 Å². The molecule has 0 fully saturated rings. The first-order valence-electron chi connectivity index (χ1n) is 15.8. The number of fused-ring (bicyclic) bond motifs is 5. The first kappa shape index (κ1) is 24.7. The van der Waals surface area contributed by atoms with Crippen molar-refractivity contribution in [1.82, 2.24) is 0 Å². The van der Waals surface area contributed by atoms with Crippen LogP contribution in [0.5, 0.6) is 0 Å². The molecule has 208 valence electrons. The van der Waals surface area contributed by atoms with E-state index < -0.39 is 5.41 Å². The predicted octanol–water partition coefficient (Wildman–Crippen LogP) is 11.8. The zero-order valence-corrected chi connectivity index (χ0v) is 24.7. The third kappa shape index (κ3) is 3.32. The Morgan fingerprint density at radius 1 is 0.333 bits per heavy atom. The maximum absolute atomic E-state index is 2.48. The smallest absolute Gasteiger partial charge is 0.0622 e. The van der Waals surface area contributed by atoms with Gasteiger partial charge in [-0.2, -0.15) is 0 Å². The minimum absolute atomic E-state index is 0.441. The summed E-state index contributed by atoms with van der Waals surface area (Å²) in [5.74, 6) is 0. The lowest BCUT2D eigenvalue weighted by molar-refractivity contribution is 0.769. The molecule has 0 N–H and O–H groups in total. The highest BCUT2D eigenvalue weighted by Crippen LogP contribution is 2.58. The van der Waals surface area contributed by atoms with Gasteiger partial charge in [0.2, 0.25) is 0 Å². The highest BCUT2D eigenvalue weighted by molar-refractivity contribution is 6.23. The topological polar surface area (TPSA) is 0 Å². The minimum Gasteiger partial charge on any atom is -0.0622 e. The van der Waals surface area contributed by atoms with Gasteiger partial charge in [-0.15, -0.1) is 0 Å². The lowest BCUT2D eigenvalue weighted by Gasteiger charge is -2.34. The van der Waals surface area contributed by atoms with Gasteiger partial charge in [-0.05, 0) is 106 Å². The third-order valence-corrected chi connectivity index (χ3v) is 10.2. The van der Waals surface area contributed by atoms with E-state index in [0.717, 1.165) is 0 Å². The van der Waals surface area contributed by atoms with Gasteiger partial charge in [0, 0.05) is 0 Å². The molecule has 0 aromatic heterocycles. The molecule has 0 aliphatic heterocycles. The first-order valence-corrected chi connectivity index (χ1v) is 15.8. The zero-order valence-electron chi connectivity index (χ0n) is 24.7. The van der Waals surface area contributed by atoms with Gasteiger partial charge in [-0.3, -0.25) is 0 Å². The van der Waals surface area contributed by atoms with Gasteiger partial charge in [0.05, 0.1) is 5.41 Å². The Bertz CT molecular complexity index is 2470. The van der Waals surface area contributed by atoms with Crippen molar-refractivity contribution < 1.29 is 0 Å². The van der Waals surface area contributed by atoms with E-state index in [9.17, 15) is 0 Å². The highest BCUT2D eigenvalue weighted by Gasteiger charge is 2.46. The Morgan fingerprint density at radius 2 is 0.889 bits per heavy atom. The number of rotatable bonds is 3. The average Bonchev–Trinajstić information content (AvgIpc) is 3.42. The zero-order chi connectivity index (χ0) is 29.5. The Balaban J connectivity index is 1.30. The monoisotopic (exact) mass is 568 g/mol. The van der Waals surface area contributed by atoms with Crippen LogP contribution < -0.4 is 0 Å². The number of hydrogen-bond acceptors (Lipinski definition) is 0. The van der Waals surface area contributed by atoms with Crippen molar-refractivity contribution in [2.75, 3.05) is 0 Å². The van der Waals surface area contributed by atoms with Crippen molar-refractivity contribution in [2.45, 2.75) is 5.41 Å². The molecule has 0 radical (unpaired) electrons. The molecule has 0 spiro atoms. The molecule has 0 bridgehead atoms. The molecule has 0 nitrogen and oxygen atoms in total. The van der Waals surface area contributed by atoms with E-state index in [2.05, 4.69) is 170 Å². The summed E-state index contributed by atoms with van der Waals surface area (Å²) >= 11 is 0. The van der Waals surface area contributed by atoms with E-state index in [4.69, 9.17) is 0 Å². The number of hydrogen-bond donors (Lipinski definition) is 0. The second kappa shape index (κ2) is 9.14. The highest BCUT2D eigenvalue weighted by atomic mass is 14.5. The summed E-state index contributed by atoms with van der Waals surface area (Å²) in [6.07, 6.45) is 0. The minimum atomic E-state index is -0.441. The lowest BCUT2D eigenvalue weighted by Crippen LogP contribution is -2.28. The molecule has 0 heteroatoms. The van der Waals surface area contributed by atoms with E-state index in [-0.39, 0.29) is 0 Å². The van der Waals surface area contributed by atoms with Gasteiger partial charge in [-0.25, -0.2) is 0 Å². The largest absolute Gasteiger partial charge is 0.0714 e. The Hall–Kier alpha value is -5.72. The van der Waals surface area contributed by atoms with E-state index in [1.54, 1.807) is 0 Å². The molecule has 0 unspecified atom stereocenters. The van der Waals surface area contributed by atoms with Crippen LogP contribution in [0.1, 0.15) is 22.3 Å². The second-order valence-corrected chi connectivity index (χ2v) is 12.5. The fourth-order valence-electron chi connectivity index (χ4n) is 8.36. The Kier molecular flexibility index (Phi) is 5.02. The van der Waals surface area contributed by atoms with Gasteiger partial charge < -0.3 is 0 Å². The molecule has 0 saturated heterocycles. The van der Waals surface area contributed by atoms with Crippen LogP contribution in [0.4, 0.5) is 0 Å². The molecule has 0 heterocycles. The van der Waals surface area contributed by atoms with E-state index in [0.29, 0.717) is 0 Å². The van der Waals surface area contributed by atoms with E-state index in [1.165, 1.54) is 87.6 Å².